The van der Waals surface area contributed by atoms with Crippen molar-refractivity contribution in [3.05, 3.63) is 59.7 Å². The molecule has 4 atom stereocenters. The van der Waals surface area contributed by atoms with Crippen LogP contribution in [0.4, 0.5) is 27.8 Å². The van der Waals surface area contributed by atoms with Crippen molar-refractivity contribution in [2.24, 2.45) is 0 Å². The van der Waals surface area contributed by atoms with Crippen molar-refractivity contribution in [2.45, 2.75) is 62.3 Å². The molecule has 0 spiro atoms. The SMILES string of the molecule is C[C@]12CC[C@H](CN(c3nc(OC[C@@]45CCCN4C[C@H](F)C5)nc4c(F)c(-c5cccc6ccc(F)c(F)c56)c(F)cc34)C1)N2. The topological polar surface area (TPSA) is 53.5 Å². The van der Waals surface area contributed by atoms with Gasteiger partial charge in [-0.1, -0.05) is 24.3 Å². The number of rotatable bonds is 5. The van der Waals surface area contributed by atoms with Gasteiger partial charge in [0.05, 0.1) is 11.1 Å². The molecule has 4 aliphatic heterocycles. The zero-order valence-electron chi connectivity index (χ0n) is 24.3. The Bertz CT molecular complexity index is 1820. The van der Waals surface area contributed by atoms with Gasteiger partial charge in [0.15, 0.2) is 17.5 Å². The van der Waals surface area contributed by atoms with E-state index in [1.807, 2.05) is 4.90 Å². The first-order chi connectivity index (χ1) is 21.1. The Morgan fingerprint density at radius 3 is 2.73 bits per heavy atom. The number of halogens is 5. The van der Waals surface area contributed by atoms with Crippen LogP contribution in [0.3, 0.4) is 0 Å². The van der Waals surface area contributed by atoms with E-state index in [0.717, 1.165) is 38.3 Å². The van der Waals surface area contributed by atoms with Crippen LogP contribution in [0.25, 0.3) is 32.8 Å². The number of piperazine rings is 1. The molecule has 4 aromatic rings. The number of nitrogens with zero attached hydrogens (tertiary/aromatic N) is 4. The van der Waals surface area contributed by atoms with E-state index in [1.165, 1.54) is 18.2 Å². The lowest BCUT2D eigenvalue weighted by Crippen LogP contribution is -2.58. The monoisotopic (exact) mass is 609 g/mol. The van der Waals surface area contributed by atoms with Gasteiger partial charge in [-0.25, -0.2) is 22.0 Å². The Hall–Kier alpha value is -3.57. The van der Waals surface area contributed by atoms with Gasteiger partial charge in [0.2, 0.25) is 0 Å². The number of alkyl halides is 1. The molecule has 1 N–H and O–H groups in total. The molecule has 5 heterocycles. The van der Waals surface area contributed by atoms with E-state index in [0.29, 0.717) is 37.3 Å². The molecular formula is C33H32F5N5O. The molecule has 4 aliphatic rings. The maximum Gasteiger partial charge on any atom is 0.319 e. The Morgan fingerprint density at radius 1 is 1.02 bits per heavy atom. The number of fused-ring (bicyclic) bond motifs is 5. The molecule has 0 saturated carbocycles. The summed E-state index contributed by atoms with van der Waals surface area (Å²) in [7, 11) is 0. The maximum absolute atomic E-state index is 16.7. The molecule has 11 heteroatoms. The number of nitrogens with one attached hydrogen (secondary N) is 1. The van der Waals surface area contributed by atoms with Gasteiger partial charge >= 0.3 is 6.01 Å². The summed E-state index contributed by atoms with van der Waals surface area (Å²) in [5.74, 6) is -3.90. The largest absolute Gasteiger partial charge is 0.461 e. The molecule has 44 heavy (non-hydrogen) atoms. The summed E-state index contributed by atoms with van der Waals surface area (Å²) in [6, 6.07) is 8.11. The molecule has 6 nitrogen and oxygen atoms in total. The highest BCUT2D eigenvalue weighted by Gasteiger charge is 2.49. The van der Waals surface area contributed by atoms with Crippen molar-refractivity contribution in [3.8, 4) is 17.1 Å². The Balaban J connectivity index is 1.29. The van der Waals surface area contributed by atoms with Crippen molar-refractivity contribution in [3.63, 3.8) is 0 Å². The van der Waals surface area contributed by atoms with Gasteiger partial charge in [-0.2, -0.15) is 9.97 Å². The predicted octanol–water partition coefficient (Wildman–Crippen LogP) is 6.29. The van der Waals surface area contributed by atoms with Crippen molar-refractivity contribution in [1.82, 2.24) is 20.2 Å². The second kappa shape index (κ2) is 9.97. The zero-order valence-corrected chi connectivity index (χ0v) is 24.3. The fourth-order valence-electron chi connectivity index (χ4n) is 8.18. The van der Waals surface area contributed by atoms with Gasteiger partial charge in [0, 0.05) is 48.4 Å². The molecule has 2 bridgehead atoms. The van der Waals surface area contributed by atoms with E-state index in [4.69, 9.17) is 9.72 Å². The highest BCUT2D eigenvalue weighted by atomic mass is 19.2. The molecular weight excluding hydrogens is 577 g/mol. The summed E-state index contributed by atoms with van der Waals surface area (Å²) in [5, 5.41) is 3.88. The molecule has 4 fully saturated rings. The third kappa shape index (κ3) is 4.34. The molecule has 3 aromatic carbocycles. The van der Waals surface area contributed by atoms with Crippen LogP contribution in [0.2, 0.25) is 0 Å². The second-order valence-electron chi connectivity index (χ2n) is 13.2. The third-order valence-electron chi connectivity index (χ3n) is 10.2. The van der Waals surface area contributed by atoms with E-state index in [1.54, 1.807) is 12.1 Å². The molecule has 0 aliphatic carbocycles. The summed E-state index contributed by atoms with van der Waals surface area (Å²) < 4.78 is 82.7. The van der Waals surface area contributed by atoms with Gasteiger partial charge in [-0.3, -0.25) is 4.90 Å². The van der Waals surface area contributed by atoms with Crippen LogP contribution in [0.1, 0.15) is 39.0 Å². The summed E-state index contributed by atoms with van der Waals surface area (Å²) in [4.78, 5) is 13.3. The molecule has 0 amide bonds. The number of benzene rings is 3. The van der Waals surface area contributed by atoms with E-state index < -0.39 is 40.5 Å². The fourth-order valence-corrected chi connectivity index (χ4v) is 8.18. The van der Waals surface area contributed by atoms with Crippen LogP contribution in [-0.2, 0) is 0 Å². The van der Waals surface area contributed by atoms with E-state index in [2.05, 4.69) is 22.1 Å². The van der Waals surface area contributed by atoms with Crippen molar-refractivity contribution in [2.75, 3.05) is 37.7 Å². The fraction of sp³-hybridized carbons (Fsp3) is 0.455. The molecule has 0 unspecified atom stereocenters. The van der Waals surface area contributed by atoms with Crippen molar-refractivity contribution < 1.29 is 26.7 Å². The van der Waals surface area contributed by atoms with Crippen LogP contribution in [-0.4, -0.2) is 70.9 Å². The number of hydrogen-bond acceptors (Lipinski definition) is 6. The standard InChI is InChI=1S/C33H32F5N5O/c1-32-10-8-20(41-32)15-42(16-32)30-22-12-24(36)26(21-5-2-4-18-6-7-23(35)27(37)25(18)21)28(38)29(22)39-31(40-30)44-17-33-9-3-11-43(33)14-19(34)13-33/h2,4-7,12,19-20,41H,3,8-11,13-17H2,1H3/t19-,20-,32+,33+/m1/s1. The van der Waals surface area contributed by atoms with Gasteiger partial charge < -0.3 is 15.0 Å². The smallest absolute Gasteiger partial charge is 0.319 e. The van der Waals surface area contributed by atoms with E-state index in [9.17, 15) is 8.78 Å². The Labute approximate surface area is 251 Å². The Kier molecular flexibility index (Phi) is 6.33. The van der Waals surface area contributed by atoms with E-state index in [-0.39, 0.29) is 46.1 Å². The number of hydrogen-bond donors (Lipinski definition) is 1. The van der Waals surface area contributed by atoms with Gasteiger partial charge in [-0.05, 0) is 62.2 Å². The molecule has 4 saturated heterocycles. The lowest BCUT2D eigenvalue weighted by Gasteiger charge is -2.40. The van der Waals surface area contributed by atoms with Crippen LogP contribution in [0.15, 0.2) is 36.4 Å². The lowest BCUT2D eigenvalue weighted by atomic mass is 9.95. The van der Waals surface area contributed by atoms with Gasteiger partial charge in [0.25, 0.3) is 0 Å². The van der Waals surface area contributed by atoms with Crippen LogP contribution >= 0.6 is 0 Å². The molecule has 230 valence electrons. The van der Waals surface area contributed by atoms with Crippen LogP contribution < -0.4 is 15.0 Å². The van der Waals surface area contributed by atoms with Gasteiger partial charge in [-0.15, -0.1) is 0 Å². The second-order valence-corrected chi connectivity index (χ2v) is 13.2. The first-order valence-corrected chi connectivity index (χ1v) is 15.2. The highest BCUT2D eigenvalue weighted by molar-refractivity contribution is 6.01. The van der Waals surface area contributed by atoms with Crippen molar-refractivity contribution >= 4 is 27.5 Å². The maximum atomic E-state index is 16.7. The van der Waals surface area contributed by atoms with Crippen molar-refractivity contribution in [1.29, 1.82) is 0 Å². The minimum absolute atomic E-state index is 0.0846. The van der Waals surface area contributed by atoms with Crippen LogP contribution in [0, 0.1) is 23.3 Å². The summed E-state index contributed by atoms with van der Waals surface area (Å²) in [6.07, 6.45) is 3.03. The minimum Gasteiger partial charge on any atom is -0.461 e. The first-order valence-electron chi connectivity index (χ1n) is 15.2. The Morgan fingerprint density at radius 2 is 1.89 bits per heavy atom. The number of anilines is 1. The quantitative estimate of drug-likeness (QED) is 0.269. The van der Waals surface area contributed by atoms with E-state index >= 15 is 13.2 Å². The molecule has 0 radical (unpaired) electrons. The molecule has 8 rings (SSSR count). The first kappa shape index (κ1) is 27.9. The zero-order chi connectivity index (χ0) is 30.4. The normalized spacial score (nSPS) is 28.4. The summed E-state index contributed by atoms with van der Waals surface area (Å²) in [5.41, 5.74) is -1.47. The number of aromatic nitrogens is 2. The van der Waals surface area contributed by atoms with Crippen LogP contribution in [0.5, 0.6) is 6.01 Å². The minimum atomic E-state index is -1.18. The summed E-state index contributed by atoms with van der Waals surface area (Å²) >= 11 is 0. The lowest BCUT2D eigenvalue weighted by molar-refractivity contribution is 0.107. The molecule has 1 aromatic heterocycles. The summed E-state index contributed by atoms with van der Waals surface area (Å²) in [6.45, 7) is 4.55. The van der Waals surface area contributed by atoms with Gasteiger partial charge in [0.1, 0.15) is 29.9 Å². The predicted molar refractivity (Wildman–Crippen MR) is 158 cm³/mol. The highest BCUT2D eigenvalue weighted by Crippen LogP contribution is 2.43. The average Bonchev–Trinajstić information content (AvgIpc) is 3.61. The average molecular weight is 610 g/mol. The number of ether oxygens (including phenoxy) is 1. The third-order valence-corrected chi connectivity index (χ3v) is 10.2.